The molecule has 0 radical (unpaired) electrons. The Morgan fingerprint density at radius 3 is 2.36 bits per heavy atom. The maximum absolute atomic E-state index is 12.0. The average Bonchev–Trinajstić information content (AvgIpc) is 2.80. The standard InChI is InChI=1S/C25H31NO6.ClH/c1-15-16(2)25(28)32-24-17(3)21(9-7-20(15)24)31-14-19(27)13-26-11-10-18-6-8-22(29-4)23(12-18)30-5;/h6-9,12,19,26-27H,10-11,13-14H2,1-5H3;1H/t19-;/m0./s1. The highest BCUT2D eigenvalue weighted by Crippen LogP contribution is 2.29. The number of halogens is 1. The van der Waals surface area contributed by atoms with Crippen molar-refractivity contribution in [3.05, 3.63) is 63.0 Å². The largest absolute Gasteiger partial charge is 0.493 e. The summed E-state index contributed by atoms with van der Waals surface area (Å²) in [5.41, 5.74) is 3.56. The lowest BCUT2D eigenvalue weighted by Crippen LogP contribution is -2.32. The van der Waals surface area contributed by atoms with Crippen LogP contribution in [0.25, 0.3) is 11.0 Å². The van der Waals surface area contributed by atoms with Crippen LogP contribution in [0.4, 0.5) is 0 Å². The van der Waals surface area contributed by atoms with Crippen LogP contribution in [0.3, 0.4) is 0 Å². The van der Waals surface area contributed by atoms with Crippen LogP contribution in [0.2, 0.25) is 0 Å². The van der Waals surface area contributed by atoms with Gasteiger partial charge in [-0.3, -0.25) is 0 Å². The Morgan fingerprint density at radius 1 is 0.970 bits per heavy atom. The Bertz CT molecular complexity index is 1140. The van der Waals surface area contributed by atoms with Crippen LogP contribution in [-0.4, -0.2) is 45.1 Å². The molecule has 1 aromatic heterocycles. The second-order valence-electron chi connectivity index (χ2n) is 7.81. The molecule has 2 aromatic carbocycles. The van der Waals surface area contributed by atoms with E-state index in [0.717, 1.165) is 28.5 Å². The minimum absolute atomic E-state index is 0. The van der Waals surface area contributed by atoms with Gasteiger partial charge in [-0.2, -0.15) is 0 Å². The Morgan fingerprint density at radius 2 is 1.67 bits per heavy atom. The van der Waals surface area contributed by atoms with Crippen LogP contribution in [0.1, 0.15) is 22.3 Å². The Hall–Kier alpha value is -2.74. The lowest BCUT2D eigenvalue weighted by molar-refractivity contribution is 0.106. The zero-order valence-electron chi connectivity index (χ0n) is 19.7. The van der Waals surface area contributed by atoms with Crippen molar-refractivity contribution >= 4 is 23.4 Å². The van der Waals surface area contributed by atoms with Crippen molar-refractivity contribution < 1.29 is 23.7 Å². The summed E-state index contributed by atoms with van der Waals surface area (Å²) in [6, 6.07) is 9.56. The Labute approximate surface area is 200 Å². The van der Waals surface area contributed by atoms with Crippen molar-refractivity contribution in [3.8, 4) is 17.2 Å². The smallest absolute Gasteiger partial charge is 0.339 e. The van der Waals surface area contributed by atoms with Gasteiger partial charge in [-0.05, 0) is 69.1 Å². The van der Waals surface area contributed by atoms with E-state index in [1.807, 2.05) is 44.2 Å². The lowest BCUT2D eigenvalue weighted by Gasteiger charge is -2.16. The first kappa shape index (κ1) is 26.5. The van der Waals surface area contributed by atoms with Crippen LogP contribution < -0.4 is 25.2 Å². The van der Waals surface area contributed by atoms with E-state index in [2.05, 4.69) is 5.32 Å². The number of ether oxygens (including phenoxy) is 3. The molecule has 1 heterocycles. The molecule has 3 rings (SSSR count). The van der Waals surface area contributed by atoms with Gasteiger partial charge in [0, 0.05) is 23.1 Å². The number of hydrogen-bond acceptors (Lipinski definition) is 7. The molecule has 7 nitrogen and oxygen atoms in total. The normalized spacial score (nSPS) is 11.7. The van der Waals surface area contributed by atoms with Crippen molar-refractivity contribution in [1.82, 2.24) is 5.32 Å². The molecule has 33 heavy (non-hydrogen) atoms. The van der Waals surface area contributed by atoms with Gasteiger partial charge in [0.2, 0.25) is 0 Å². The fourth-order valence-corrected chi connectivity index (χ4v) is 3.56. The molecule has 0 aliphatic carbocycles. The first-order chi connectivity index (χ1) is 15.3. The van der Waals surface area contributed by atoms with Crippen LogP contribution >= 0.6 is 12.4 Å². The van der Waals surface area contributed by atoms with E-state index in [1.165, 1.54) is 0 Å². The quantitative estimate of drug-likeness (QED) is 0.339. The molecule has 0 spiro atoms. The van der Waals surface area contributed by atoms with Gasteiger partial charge in [0.1, 0.15) is 24.0 Å². The van der Waals surface area contributed by atoms with Gasteiger partial charge in [-0.1, -0.05) is 6.07 Å². The van der Waals surface area contributed by atoms with Gasteiger partial charge in [-0.25, -0.2) is 4.79 Å². The van der Waals surface area contributed by atoms with Crippen molar-refractivity contribution in [2.45, 2.75) is 33.3 Å². The molecule has 2 N–H and O–H groups in total. The number of rotatable bonds is 10. The van der Waals surface area contributed by atoms with Crippen molar-refractivity contribution in [3.63, 3.8) is 0 Å². The highest BCUT2D eigenvalue weighted by atomic mass is 35.5. The van der Waals surface area contributed by atoms with Crippen LogP contribution in [-0.2, 0) is 6.42 Å². The van der Waals surface area contributed by atoms with E-state index in [9.17, 15) is 9.90 Å². The highest BCUT2D eigenvalue weighted by molar-refractivity contribution is 5.86. The van der Waals surface area contributed by atoms with Crippen molar-refractivity contribution in [2.24, 2.45) is 0 Å². The van der Waals surface area contributed by atoms with Gasteiger partial charge < -0.3 is 29.1 Å². The topological polar surface area (TPSA) is 90.2 Å². The summed E-state index contributed by atoms with van der Waals surface area (Å²) in [4.78, 5) is 12.0. The van der Waals surface area contributed by atoms with Gasteiger partial charge in [0.15, 0.2) is 11.5 Å². The molecule has 0 saturated carbocycles. The second-order valence-corrected chi connectivity index (χ2v) is 7.81. The number of methoxy groups -OCH3 is 2. The summed E-state index contributed by atoms with van der Waals surface area (Å²) < 4.78 is 21.9. The van der Waals surface area contributed by atoms with Crippen LogP contribution in [0.5, 0.6) is 17.2 Å². The van der Waals surface area contributed by atoms with Gasteiger partial charge in [0.05, 0.1) is 14.2 Å². The highest BCUT2D eigenvalue weighted by Gasteiger charge is 2.14. The zero-order valence-corrected chi connectivity index (χ0v) is 20.5. The number of aryl methyl sites for hydroxylation is 2. The molecule has 0 unspecified atom stereocenters. The minimum Gasteiger partial charge on any atom is -0.493 e. The molecular formula is C25H32ClNO6. The van der Waals surface area contributed by atoms with E-state index in [0.29, 0.717) is 41.5 Å². The second kappa shape index (κ2) is 11.9. The third-order valence-corrected chi connectivity index (χ3v) is 5.67. The molecule has 0 fully saturated rings. The summed E-state index contributed by atoms with van der Waals surface area (Å²) in [6.45, 7) is 6.74. The fourth-order valence-electron chi connectivity index (χ4n) is 3.56. The molecule has 3 aromatic rings. The predicted octanol–water partition coefficient (Wildman–Crippen LogP) is 3.73. The lowest BCUT2D eigenvalue weighted by atomic mass is 10.0. The molecule has 180 valence electrons. The number of benzene rings is 2. The number of aliphatic hydroxyl groups excluding tert-OH is 1. The van der Waals surface area contributed by atoms with E-state index in [1.54, 1.807) is 21.1 Å². The molecule has 0 saturated heterocycles. The monoisotopic (exact) mass is 477 g/mol. The van der Waals surface area contributed by atoms with E-state index >= 15 is 0 Å². The number of aliphatic hydroxyl groups is 1. The van der Waals surface area contributed by atoms with E-state index in [4.69, 9.17) is 18.6 Å². The molecule has 0 bridgehead atoms. The van der Waals surface area contributed by atoms with Gasteiger partial charge in [-0.15, -0.1) is 12.4 Å². The van der Waals surface area contributed by atoms with E-state index in [-0.39, 0.29) is 24.6 Å². The predicted molar refractivity (Wildman–Crippen MR) is 132 cm³/mol. The van der Waals surface area contributed by atoms with Crippen molar-refractivity contribution in [1.29, 1.82) is 0 Å². The molecular weight excluding hydrogens is 446 g/mol. The summed E-state index contributed by atoms with van der Waals surface area (Å²) in [5, 5.41) is 14.4. The first-order valence-corrected chi connectivity index (χ1v) is 10.6. The summed E-state index contributed by atoms with van der Waals surface area (Å²) >= 11 is 0. The van der Waals surface area contributed by atoms with Gasteiger partial charge >= 0.3 is 5.63 Å². The molecule has 8 heteroatoms. The maximum atomic E-state index is 12.0. The van der Waals surface area contributed by atoms with Crippen molar-refractivity contribution in [2.75, 3.05) is 33.9 Å². The summed E-state index contributed by atoms with van der Waals surface area (Å²) in [6.07, 6.45) is 0.109. The fraction of sp³-hybridized carbons (Fsp3) is 0.400. The first-order valence-electron chi connectivity index (χ1n) is 10.6. The minimum atomic E-state index is -0.678. The van der Waals surface area contributed by atoms with E-state index < -0.39 is 6.10 Å². The zero-order chi connectivity index (χ0) is 23.3. The molecule has 0 aliphatic heterocycles. The SMILES string of the molecule is COc1ccc(CCNC[C@H](O)COc2ccc3c(C)c(C)c(=O)oc3c2C)cc1OC.Cl. The van der Waals surface area contributed by atoms with Gasteiger partial charge in [0.25, 0.3) is 0 Å². The van der Waals surface area contributed by atoms with Crippen LogP contribution in [0.15, 0.2) is 39.5 Å². The summed E-state index contributed by atoms with van der Waals surface area (Å²) in [5.74, 6) is 1.99. The number of hydrogen-bond donors (Lipinski definition) is 2. The Kier molecular flexibility index (Phi) is 9.58. The molecule has 0 amide bonds. The number of nitrogens with one attached hydrogen (secondary N) is 1. The third-order valence-electron chi connectivity index (χ3n) is 5.67. The van der Waals surface area contributed by atoms with Crippen LogP contribution in [0, 0.1) is 20.8 Å². The number of fused-ring (bicyclic) bond motifs is 1. The Balaban J connectivity index is 0.00000385. The molecule has 0 aliphatic rings. The summed E-state index contributed by atoms with van der Waals surface area (Å²) in [7, 11) is 3.23. The average molecular weight is 478 g/mol. The third kappa shape index (κ3) is 6.19. The molecule has 1 atom stereocenters. The maximum Gasteiger partial charge on any atom is 0.339 e.